The van der Waals surface area contributed by atoms with Crippen molar-refractivity contribution in [2.75, 3.05) is 6.54 Å². The Morgan fingerprint density at radius 2 is 1.86 bits per heavy atom. The van der Waals surface area contributed by atoms with E-state index in [2.05, 4.69) is 20.3 Å². The highest BCUT2D eigenvalue weighted by atomic mass is 35.5. The number of nitrogens with one attached hydrogen (secondary N) is 1. The molecule has 8 nitrogen and oxygen atoms in total. The van der Waals surface area contributed by atoms with E-state index in [4.69, 9.17) is 16.0 Å². The number of ketones is 1. The molecule has 1 aromatic carbocycles. The number of imidazole rings is 1. The van der Waals surface area contributed by atoms with Crippen LogP contribution in [0.2, 0.25) is 5.02 Å². The van der Waals surface area contributed by atoms with Gasteiger partial charge >= 0.3 is 0 Å². The van der Waals surface area contributed by atoms with Crippen molar-refractivity contribution in [3.05, 3.63) is 94.8 Å². The van der Waals surface area contributed by atoms with Gasteiger partial charge in [-0.05, 0) is 49.7 Å². The number of halogens is 1. The molecule has 4 heterocycles. The highest BCUT2D eigenvalue weighted by Gasteiger charge is 2.24. The predicted octanol–water partition coefficient (Wildman–Crippen LogP) is 5.12. The minimum Gasteiger partial charge on any atom is -0.435 e. The van der Waals surface area contributed by atoms with Gasteiger partial charge in [0.1, 0.15) is 11.4 Å². The van der Waals surface area contributed by atoms with Crippen LogP contribution in [0.4, 0.5) is 0 Å². The fourth-order valence-electron chi connectivity index (χ4n) is 4.06. The topological polar surface area (TPSA) is 102 Å². The zero-order valence-corrected chi connectivity index (χ0v) is 21.1. The smallest absolute Gasteiger partial charge is 0.273 e. The molecule has 0 spiro atoms. The lowest BCUT2D eigenvalue weighted by Crippen LogP contribution is -2.26. The summed E-state index contributed by atoms with van der Waals surface area (Å²) in [4.78, 5) is 38.4. The van der Waals surface area contributed by atoms with Crippen molar-refractivity contribution in [1.29, 1.82) is 0 Å². The maximum Gasteiger partial charge on any atom is 0.273 e. The van der Waals surface area contributed by atoms with Gasteiger partial charge in [-0.15, -0.1) is 0 Å². The van der Waals surface area contributed by atoms with Gasteiger partial charge < -0.3 is 14.1 Å². The number of hydrogen-bond acceptors (Lipinski definition) is 6. The van der Waals surface area contributed by atoms with Crippen LogP contribution in [0.3, 0.4) is 0 Å². The van der Waals surface area contributed by atoms with Gasteiger partial charge in [0.25, 0.3) is 5.91 Å². The maximum atomic E-state index is 13.3. The van der Waals surface area contributed by atoms with Crippen LogP contribution in [0.1, 0.15) is 34.4 Å². The maximum absolute atomic E-state index is 13.3. The molecule has 0 atom stereocenters. The van der Waals surface area contributed by atoms with E-state index in [0.29, 0.717) is 34.8 Å². The van der Waals surface area contributed by atoms with Gasteiger partial charge in [-0.25, -0.2) is 9.97 Å². The third-order valence-electron chi connectivity index (χ3n) is 5.86. The van der Waals surface area contributed by atoms with Crippen LogP contribution in [0.15, 0.2) is 71.5 Å². The first kappa shape index (κ1) is 24.4. The second-order valence-electron chi connectivity index (χ2n) is 8.75. The Bertz CT molecular complexity index is 1590. The molecule has 0 saturated carbocycles. The number of benzene rings is 1. The first-order chi connectivity index (χ1) is 17.9. The van der Waals surface area contributed by atoms with E-state index in [9.17, 15) is 9.59 Å². The summed E-state index contributed by atoms with van der Waals surface area (Å²) >= 11 is 6.45. The Labute approximate surface area is 218 Å². The number of aromatic nitrogens is 4. The molecule has 0 fully saturated rings. The summed E-state index contributed by atoms with van der Waals surface area (Å²) in [5, 5.41) is 3.37. The second-order valence-corrected chi connectivity index (χ2v) is 9.16. The summed E-state index contributed by atoms with van der Waals surface area (Å²) in [5.41, 5.74) is 4.46. The van der Waals surface area contributed by atoms with E-state index < -0.39 is 0 Å². The zero-order valence-electron chi connectivity index (χ0n) is 20.4. The molecule has 9 heteroatoms. The van der Waals surface area contributed by atoms with E-state index in [1.54, 1.807) is 30.5 Å². The number of aryl methyl sites for hydroxylation is 1. The summed E-state index contributed by atoms with van der Waals surface area (Å²) in [6.07, 6.45) is 6.29. The molecule has 186 valence electrons. The standard InChI is InChI=1S/C28H24ClN5O3/c1-17-15-31-20(13-18(2)35)14-22(17)28-33-25(26(37-28)21-7-3-4-8-23(21)29)27(36)30-11-10-19-16-34-12-6-5-9-24(34)32-19/h3-9,12,14-16H,10-11,13H2,1-2H3,(H,30,36). The lowest BCUT2D eigenvalue weighted by molar-refractivity contribution is -0.116. The van der Waals surface area contributed by atoms with E-state index in [1.165, 1.54) is 6.92 Å². The van der Waals surface area contributed by atoms with Gasteiger partial charge in [-0.1, -0.05) is 29.8 Å². The van der Waals surface area contributed by atoms with Crippen LogP contribution < -0.4 is 5.32 Å². The van der Waals surface area contributed by atoms with Crippen molar-refractivity contribution < 1.29 is 14.0 Å². The van der Waals surface area contributed by atoms with Gasteiger partial charge in [0.05, 0.1) is 10.7 Å². The number of oxazole rings is 1. The number of Topliss-reactive ketones (excluding diaryl/α,β-unsaturated/α-hetero) is 1. The molecular formula is C28H24ClN5O3. The molecule has 37 heavy (non-hydrogen) atoms. The van der Waals surface area contributed by atoms with Crippen LogP contribution in [-0.2, 0) is 17.6 Å². The fourth-order valence-corrected chi connectivity index (χ4v) is 4.28. The van der Waals surface area contributed by atoms with Crippen molar-refractivity contribution in [2.45, 2.75) is 26.7 Å². The van der Waals surface area contributed by atoms with Gasteiger partial charge in [0.15, 0.2) is 11.5 Å². The SMILES string of the molecule is CC(=O)Cc1cc(-c2nc(C(=O)NCCc3cn4ccccc4n3)c(-c3ccccc3Cl)o2)c(C)cn1. The van der Waals surface area contributed by atoms with Crippen molar-refractivity contribution in [1.82, 2.24) is 24.7 Å². The summed E-state index contributed by atoms with van der Waals surface area (Å²) in [6.45, 7) is 3.74. The Hall–Kier alpha value is -4.30. The predicted molar refractivity (Wildman–Crippen MR) is 141 cm³/mol. The van der Waals surface area contributed by atoms with Crippen LogP contribution in [0, 0.1) is 6.92 Å². The van der Waals surface area contributed by atoms with Gasteiger partial charge in [-0.3, -0.25) is 14.6 Å². The van der Waals surface area contributed by atoms with Crippen molar-refractivity contribution in [3.63, 3.8) is 0 Å². The third kappa shape index (κ3) is 5.29. The van der Waals surface area contributed by atoms with Crippen LogP contribution in [-0.4, -0.2) is 37.6 Å². The van der Waals surface area contributed by atoms with Crippen LogP contribution in [0.5, 0.6) is 0 Å². The first-order valence-electron chi connectivity index (χ1n) is 11.8. The van der Waals surface area contributed by atoms with Crippen molar-refractivity contribution >= 4 is 28.9 Å². The van der Waals surface area contributed by atoms with Crippen molar-refractivity contribution in [3.8, 4) is 22.8 Å². The van der Waals surface area contributed by atoms with E-state index in [1.807, 2.05) is 48.0 Å². The molecule has 0 aliphatic rings. The van der Waals surface area contributed by atoms with Crippen LogP contribution in [0.25, 0.3) is 28.4 Å². The summed E-state index contributed by atoms with van der Waals surface area (Å²) in [6, 6.07) is 14.7. The molecule has 0 unspecified atom stereocenters. The molecule has 5 aromatic rings. The number of carbonyl (C=O) groups is 2. The third-order valence-corrected chi connectivity index (χ3v) is 6.19. The Balaban J connectivity index is 1.45. The normalized spacial score (nSPS) is 11.1. The Kier molecular flexibility index (Phi) is 6.83. The number of fused-ring (bicyclic) bond motifs is 1. The van der Waals surface area contributed by atoms with E-state index in [0.717, 1.165) is 16.9 Å². The van der Waals surface area contributed by atoms with Gasteiger partial charge in [-0.2, -0.15) is 0 Å². The quantitative estimate of drug-likeness (QED) is 0.309. The second kappa shape index (κ2) is 10.4. The first-order valence-corrected chi connectivity index (χ1v) is 12.2. The molecule has 1 N–H and O–H groups in total. The lowest BCUT2D eigenvalue weighted by Gasteiger charge is -2.05. The number of amides is 1. The molecule has 0 aliphatic heterocycles. The molecule has 0 saturated heterocycles. The lowest BCUT2D eigenvalue weighted by atomic mass is 10.1. The van der Waals surface area contributed by atoms with Gasteiger partial charge in [0, 0.05) is 54.8 Å². The van der Waals surface area contributed by atoms with Gasteiger partial charge in [0.2, 0.25) is 5.89 Å². The largest absolute Gasteiger partial charge is 0.435 e. The minimum absolute atomic E-state index is 0.00265. The number of rotatable bonds is 8. The Morgan fingerprint density at radius 3 is 2.65 bits per heavy atom. The molecule has 0 aliphatic carbocycles. The monoisotopic (exact) mass is 513 g/mol. The zero-order chi connectivity index (χ0) is 25.9. The number of hydrogen-bond donors (Lipinski definition) is 1. The van der Waals surface area contributed by atoms with E-state index in [-0.39, 0.29) is 35.5 Å². The molecule has 5 rings (SSSR count). The number of carbonyl (C=O) groups excluding carboxylic acids is 2. The minimum atomic E-state index is -0.385. The van der Waals surface area contributed by atoms with E-state index >= 15 is 0 Å². The molecule has 1 amide bonds. The number of nitrogens with zero attached hydrogens (tertiary/aromatic N) is 4. The van der Waals surface area contributed by atoms with Crippen molar-refractivity contribution in [2.24, 2.45) is 0 Å². The summed E-state index contributed by atoms with van der Waals surface area (Å²) in [5.74, 6) is 0.141. The fraction of sp³-hybridized carbons (Fsp3) is 0.179. The Morgan fingerprint density at radius 1 is 1.05 bits per heavy atom. The highest BCUT2D eigenvalue weighted by Crippen LogP contribution is 2.35. The molecule has 4 aromatic heterocycles. The number of pyridine rings is 2. The summed E-state index contributed by atoms with van der Waals surface area (Å²) < 4.78 is 8.09. The average molecular weight is 514 g/mol. The molecular weight excluding hydrogens is 490 g/mol. The average Bonchev–Trinajstić information content (AvgIpc) is 3.49. The summed E-state index contributed by atoms with van der Waals surface area (Å²) in [7, 11) is 0. The highest BCUT2D eigenvalue weighted by molar-refractivity contribution is 6.33. The molecule has 0 bridgehead atoms. The molecule has 0 radical (unpaired) electrons. The van der Waals surface area contributed by atoms with Crippen LogP contribution >= 0.6 is 11.6 Å².